The third-order valence-corrected chi connectivity index (χ3v) is 5.97. The number of nitrogens with zero attached hydrogens (tertiary/aromatic N) is 1. The van der Waals surface area contributed by atoms with Gasteiger partial charge < -0.3 is 9.64 Å². The van der Waals surface area contributed by atoms with Gasteiger partial charge in [-0.25, -0.2) is 0 Å². The summed E-state index contributed by atoms with van der Waals surface area (Å²) in [4.78, 5) is 14.7. The maximum Gasteiger partial charge on any atom is 0.235 e. The molecule has 0 fully saturated rings. The van der Waals surface area contributed by atoms with Crippen LogP contribution in [0.25, 0.3) is 0 Å². The quantitative estimate of drug-likeness (QED) is 0.803. The number of anilines is 1. The molecular formula is C18H17NO2S. The second-order valence-corrected chi connectivity index (χ2v) is 6.86. The molecule has 0 unspecified atom stereocenters. The van der Waals surface area contributed by atoms with Gasteiger partial charge in [0.1, 0.15) is 5.75 Å². The van der Waals surface area contributed by atoms with Crippen LogP contribution in [0.4, 0.5) is 5.69 Å². The zero-order valence-corrected chi connectivity index (χ0v) is 13.4. The number of para-hydroxylation sites is 1. The van der Waals surface area contributed by atoms with E-state index in [9.17, 15) is 4.79 Å². The molecule has 4 rings (SSSR count). The summed E-state index contributed by atoms with van der Waals surface area (Å²) < 4.78 is 5.32. The van der Waals surface area contributed by atoms with E-state index in [0.29, 0.717) is 0 Å². The number of carbonyl (C=O) groups excluding carboxylic acids is 1. The van der Waals surface area contributed by atoms with Crippen LogP contribution in [0.5, 0.6) is 5.75 Å². The van der Waals surface area contributed by atoms with Gasteiger partial charge in [0.05, 0.1) is 13.0 Å². The lowest BCUT2D eigenvalue weighted by Crippen LogP contribution is -2.40. The zero-order valence-electron chi connectivity index (χ0n) is 12.6. The first-order chi connectivity index (χ1) is 10.7. The Morgan fingerprint density at radius 2 is 2.00 bits per heavy atom. The number of hydrogen-bond donors (Lipinski definition) is 0. The zero-order chi connectivity index (χ0) is 15.3. The van der Waals surface area contributed by atoms with E-state index in [1.165, 1.54) is 11.1 Å². The van der Waals surface area contributed by atoms with E-state index in [1.807, 2.05) is 37.0 Å². The third-order valence-electron chi connectivity index (χ3n) is 4.61. The lowest BCUT2D eigenvalue weighted by Gasteiger charge is -2.41. The molecule has 0 saturated heterocycles. The standard InChI is InChI=1S/C18H17NO2S/c1-19-15-6-4-3-5-14(15)17-16(18(19)20)13-8-7-12(21-2)9-11(13)10-22-17/h3-9,16-17H,10H2,1-2H3/t16-,17-/m0/s1. The van der Waals surface area contributed by atoms with Crippen LogP contribution in [0, 0.1) is 0 Å². The van der Waals surface area contributed by atoms with Crippen molar-refractivity contribution in [3.63, 3.8) is 0 Å². The van der Waals surface area contributed by atoms with Crippen molar-refractivity contribution in [2.24, 2.45) is 0 Å². The highest BCUT2D eigenvalue weighted by molar-refractivity contribution is 7.98. The van der Waals surface area contributed by atoms with E-state index in [1.54, 1.807) is 12.0 Å². The maximum atomic E-state index is 12.9. The van der Waals surface area contributed by atoms with Gasteiger partial charge in [-0.3, -0.25) is 4.79 Å². The molecule has 2 atom stereocenters. The minimum Gasteiger partial charge on any atom is -0.497 e. The van der Waals surface area contributed by atoms with Crippen LogP contribution in [0.3, 0.4) is 0 Å². The Bertz CT molecular complexity index is 759. The summed E-state index contributed by atoms with van der Waals surface area (Å²) in [5.74, 6) is 1.86. The van der Waals surface area contributed by atoms with Gasteiger partial charge in [0.15, 0.2) is 0 Å². The first-order valence-electron chi connectivity index (χ1n) is 7.35. The van der Waals surface area contributed by atoms with Crippen molar-refractivity contribution >= 4 is 23.4 Å². The van der Waals surface area contributed by atoms with Crippen molar-refractivity contribution in [2.75, 3.05) is 19.1 Å². The maximum absolute atomic E-state index is 12.9. The SMILES string of the molecule is COc1ccc2c(c1)CS[C@H]1c3ccccc3N(C)C(=O)[C@@H]21. The summed E-state index contributed by atoms with van der Waals surface area (Å²) >= 11 is 1.85. The number of benzene rings is 2. The second kappa shape index (κ2) is 5.06. The van der Waals surface area contributed by atoms with Crippen molar-refractivity contribution < 1.29 is 9.53 Å². The van der Waals surface area contributed by atoms with Crippen LogP contribution in [-0.2, 0) is 10.5 Å². The fourth-order valence-corrected chi connectivity index (χ4v) is 4.91. The molecule has 2 heterocycles. The Labute approximate surface area is 134 Å². The van der Waals surface area contributed by atoms with E-state index >= 15 is 0 Å². The number of fused-ring (bicyclic) bond motifs is 5. The molecule has 0 saturated carbocycles. The van der Waals surface area contributed by atoms with Crippen LogP contribution in [0.1, 0.15) is 27.9 Å². The highest BCUT2D eigenvalue weighted by Gasteiger charge is 2.43. The average molecular weight is 311 g/mol. The predicted octanol–water partition coefficient (Wildman–Crippen LogP) is 3.74. The minimum atomic E-state index is -0.0976. The molecule has 0 aromatic heterocycles. The summed E-state index contributed by atoms with van der Waals surface area (Å²) in [5, 5.41) is 0.209. The van der Waals surface area contributed by atoms with Crippen LogP contribution in [0.2, 0.25) is 0 Å². The number of amides is 1. The van der Waals surface area contributed by atoms with Gasteiger partial charge in [0.25, 0.3) is 0 Å². The number of hydrogen-bond acceptors (Lipinski definition) is 3. The number of thioether (sulfide) groups is 1. The largest absolute Gasteiger partial charge is 0.497 e. The highest BCUT2D eigenvalue weighted by atomic mass is 32.2. The monoisotopic (exact) mass is 311 g/mol. The topological polar surface area (TPSA) is 29.5 Å². The van der Waals surface area contributed by atoms with E-state index in [4.69, 9.17) is 4.74 Å². The van der Waals surface area contributed by atoms with Gasteiger partial charge in [0, 0.05) is 23.7 Å². The highest BCUT2D eigenvalue weighted by Crippen LogP contribution is 2.54. The Kier molecular flexibility index (Phi) is 3.15. The molecule has 2 aliphatic rings. The molecule has 0 spiro atoms. The average Bonchev–Trinajstić information content (AvgIpc) is 2.58. The molecule has 4 heteroatoms. The van der Waals surface area contributed by atoms with Crippen molar-refractivity contribution in [3.05, 3.63) is 59.2 Å². The first kappa shape index (κ1) is 13.7. The van der Waals surface area contributed by atoms with Crippen molar-refractivity contribution in [2.45, 2.75) is 16.9 Å². The third kappa shape index (κ3) is 1.87. The molecule has 112 valence electrons. The molecule has 2 aromatic rings. The number of methoxy groups -OCH3 is 1. The van der Waals surface area contributed by atoms with Crippen molar-refractivity contribution in [3.8, 4) is 5.75 Å². The minimum absolute atomic E-state index is 0.0976. The fraction of sp³-hybridized carbons (Fsp3) is 0.278. The molecular weight excluding hydrogens is 294 g/mol. The van der Waals surface area contributed by atoms with Gasteiger partial charge in [-0.15, -0.1) is 11.8 Å². The van der Waals surface area contributed by atoms with Crippen LogP contribution in [-0.4, -0.2) is 20.1 Å². The molecule has 0 bridgehead atoms. The number of likely N-dealkylation sites (N-methyl/N-ethyl adjacent to an activating group) is 1. The Morgan fingerprint density at radius 3 is 2.82 bits per heavy atom. The summed E-state index contributed by atoms with van der Waals surface area (Å²) in [6.45, 7) is 0. The number of ether oxygens (including phenoxy) is 1. The van der Waals surface area contributed by atoms with Crippen LogP contribution >= 0.6 is 11.8 Å². The molecule has 3 nitrogen and oxygen atoms in total. The molecule has 22 heavy (non-hydrogen) atoms. The number of carbonyl (C=O) groups is 1. The summed E-state index contributed by atoms with van der Waals surface area (Å²) in [6.07, 6.45) is 0. The van der Waals surface area contributed by atoms with Crippen LogP contribution in [0.15, 0.2) is 42.5 Å². The van der Waals surface area contributed by atoms with Crippen LogP contribution < -0.4 is 9.64 Å². The van der Waals surface area contributed by atoms with Crippen molar-refractivity contribution in [1.82, 2.24) is 0 Å². The van der Waals surface area contributed by atoms with Gasteiger partial charge in [-0.2, -0.15) is 0 Å². The summed E-state index contributed by atoms with van der Waals surface area (Å²) in [7, 11) is 3.55. The summed E-state index contributed by atoms with van der Waals surface area (Å²) in [5.41, 5.74) is 4.67. The van der Waals surface area contributed by atoms with Crippen molar-refractivity contribution in [1.29, 1.82) is 0 Å². The predicted molar refractivity (Wildman–Crippen MR) is 89.6 cm³/mol. The summed E-state index contributed by atoms with van der Waals surface area (Å²) in [6, 6.07) is 14.3. The van der Waals surface area contributed by atoms with E-state index < -0.39 is 0 Å². The Morgan fingerprint density at radius 1 is 1.18 bits per heavy atom. The van der Waals surface area contributed by atoms with E-state index in [2.05, 4.69) is 24.3 Å². The Hall–Kier alpha value is -1.94. The van der Waals surface area contributed by atoms with E-state index in [0.717, 1.165) is 22.8 Å². The van der Waals surface area contributed by atoms with Gasteiger partial charge in [-0.1, -0.05) is 24.3 Å². The lowest BCUT2D eigenvalue weighted by atomic mass is 9.83. The lowest BCUT2D eigenvalue weighted by molar-refractivity contribution is -0.120. The second-order valence-electron chi connectivity index (χ2n) is 5.73. The molecule has 0 radical (unpaired) electrons. The fourth-order valence-electron chi connectivity index (χ4n) is 3.47. The van der Waals surface area contributed by atoms with Gasteiger partial charge in [0.2, 0.25) is 5.91 Å². The molecule has 0 aliphatic carbocycles. The molecule has 2 aromatic carbocycles. The van der Waals surface area contributed by atoms with Gasteiger partial charge >= 0.3 is 0 Å². The molecule has 0 N–H and O–H groups in total. The Balaban J connectivity index is 1.87. The first-order valence-corrected chi connectivity index (χ1v) is 8.40. The smallest absolute Gasteiger partial charge is 0.235 e. The van der Waals surface area contributed by atoms with E-state index in [-0.39, 0.29) is 17.1 Å². The number of rotatable bonds is 1. The van der Waals surface area contributed by atoms with Gasteiger partial charge in [-0.05, 0) is 34.9 Å². The molecule has 2 aliphatic heterocycles. The molecule has 1 amide bonds. The normalized spacial score (nSPS) is 22.6.